The van der Waals surface area contributed by atoms with Crippen LogP contribution in [0.2, 0.25) is 0 Å². The molecule has 3 N–H and O–H groups in total. The van der Waals surface area contributed by atoms with Gasteiger partial charge in [-0.3, -0.25) is 0 Å². The number of carbonyl (C=O) groups is 1. The second-order valence-electron chi connectivity index (χ2n) is 6.55. The van der Waals surface area contributed by atoms with Crippen LogP contribution in [0.25, 0.3) is 10.8 Å². The molecule has 6 nitrogen and oxygen atoms in total. The fourth-order valence-corrected chi connectivity index (χ4v) is 4.34. The van der Waals surface area contributed by atoms with E-state index >= 15 is 0 Å². The number of primary sulfonamides is 1. The van der Waals surface area contributed by atoms with Crippen LogP contribution in [0.3, 0.4) is 0 Å². The van der Waals surface area contributed by atoms with E-state index in [0.29, 0.717) is 26.1 Å². The minimum atomic E-state index is -3.49. The van der Waals surface area contributed by atoms with E-state index in [0.717, 1.165) is 6.42 Å². The van der Waals surface area contributed by atoms with Crippen molar-refractivity contribution in [2.45, 2.75) is 12.8 Å². The van der Waals surface area contributed by atoms with Crippen LogP contribution in [0.5, 0.6) is 0 Å². The molecule has 1 heterocycles. The second-order valence-corrected chi connectivity index (χ2v) is 8.21. The number of nitrogens with two attached hydrogens (primary N) is 1. The highest BCUT2D eigenvalue weighted by atomic mass is 32.2. The normalized spacial score (nSPS) is 17.8. The first-order valence-corrected chi connectivity index (χ1v) is 10.1. The van der Waals surface area contributed by atoms with Gasteiger partial charge in [0.05, 0.1) is 5.75 Å². The predicted molar refractivity (Wildman–Crippen MR) is 98.7 cm³/mol. The maximum absolute atomic E-state index is 12.2. The monoisotopic (exact) mass is 361 g/mol. The molecule has 2 amide bonds. The number of hydrogen-bond acceptors (Lipinski definition) is 3. The Morgan fingerprint density at radius 2 is 1.96 bits per heavy atom. The highest BCUT2D eigenvalue weighted by Gasteiger charge is 2.28. The zero-order valence-electron chi connectivity index (χ0n) is 14.0. The largest absolute Gasteiger partial charge is 0.338 e. The topological polar surface area (TPSA) is 92.5 Å². The quantitative estimate of drug-likeness (QED) is 0.849. The van der Waals surface area contributed by atoms with Gasteiger partial charge >= 0.3 is 6.03 Å². The first-order chi connectivity index (χ1) is 11.9. The van der Waals surface area contributed by atoms with Crippen molar-refractivity contribution in [3.63, 3.8) is 0 Å². The minimum Gasteiger partial charge on any atom is -0.338 e. The van der Waals surface area contributed by atoms with Crippen LogP contribution in [-0.4, -0.2) is 44.7 Å². The van der Waals surface area contributed by atoms with E-state index < -0.39 is 10.0 Å². The number of amides is 2. The van der Waals surface area contributed by atoms with Gasteiger partial charge < -0.3 is 10.2 Å². The van der Waals surface area contributed by atoms with Crippen molar-refractivity contribution >= 4 is 26.8 Å². The third-order valence-electron chi connectivity index (χ3n) is 4.59. The van der Waals surface area contributed by atoms with E-state index in [9.17, 15) is 13.2 Å². The molecule has 0 aromatic heterocycles. The van der Waals surface area contributed by atoms with E-state index in [-0.39, 0.29) is 17.7 Å². The lowest BCUT2D eigenvalue weighted by molar-refractivity contribution is 0.207. The predicted octanol–water partition coefficient (Wildman–Crippen LogP) is 1.70. The lowest BCUT2D eigenvalue weighted by Gasteiger charge is -2.17. The summed E-state index contributed by atoms with van der Waals surface area (Å²) in [5.74, 6) is -0.133. The molecule has 1 fully saturated rings. The molecule has 0 unspecified atom stereocenters. The number of sulfonamides is 1. The number of urea groups is 1. The van der Waals surface area contributed by atoms with Crippen molar-refractivity contribution in [2.75, 3.05) is 25.4 Å². The Labute approximate surface area is 148 Å². The average molecular weight is 361 g/mol. The van der Waals surface area contributed by atoms with Crippen molar-refractivity contribution in [1.29, 1.82) is 0 Å². The van der Waals surface area contributed by atoms with Crippen molar-refractivity contribution in [1.82, 2.24) is 10.2 Å². The van der Waals surface area contributed by atoms with Gasteiger partial charge in [-0.1, -0.05) is 42.5 Å². The summed E-state index contributed by atoms with van der Waals surface area (Å²) in [7, 11) is -3.49. The molecule has 25 heavy (non-hydrogen) atoms. The second kappa shape index (κ2) is 7.41. The number of fused-ring (bicyclic) bond motifs is 1. The molecule has 134 valence electrons. The van der Waals surface area contributed by atoms with Gasteiger partial charge in [0.1, 0.15) is 0 Å². The van der Waals surface area contributed by atoms with Crippen LogP contribution in [0.1, 0.15) is 12.0 Å². The summed E-state index contributed by atoms with van der Waals surface area (Å²) >= 11 is 0. The lowest BCUT2D eigenvalue weighted by atomic mass is 10.0. The Morgan fingerprint density at radius 3 is 2.76 bits per heavy atom. The molecule has 2 aromatic carbocycles. The van der Waals surface area contributed by atoms with Gasteiger partial charge in [-0.2, -0.15) is 0 Å². The lowest BCUT2D eigenvalue weighted by Crippen LogP contribution is -2.39. The summed E-state index contributed by atoms with van der Waals surface area (Å²) in [5, 5.41) is 10.4. The molecule has 0 bridgehead atoms. The maximum Gasteiger partial charge on any atom is 0.317 e. The van der Waals surface area contributed by atoms with Crippen LogP contribution in [0, 0.1) is 5.92 Å². The summed E-state index contributed by atoms with van der Waals surface area (Å²) in [6, 6.07) is 14.2. The van der Waals surface area contributed by atoms with E-state index in [2.05, 4.69) is 29.6 Å². The molecule has 2 aromatic rings. The summed E-state index contributed by atoms with van der Waals surface area (Å²) < 4.78 is 22.3. The summed E-state index contributed by atoms with van der Waals surface area (Å²) in [4.78, 5) is 13.9. The van der Waals surface area contributed by atoms with Crippen LogP contribution < -0.4 is 10.5 Å². The minimum absolute atomic E-state index is 0.0627. The molecule has 1 saturated heterocycles. The summed E-state index contributed by atoms with van der Waals surface area (Å²) in [5.41, 5.74) is 1.20. The number of likely N-dealkylation sites (tertiary alicyclic amines) is 1. The molecule has 7 heteroatoms. The van der Waals surface area contributed by atoms with Crippen LogP contribution in [0.4, 0.5) is 4.79 Å². The zero-order valence-corrected chi connectivity index (χ0v) is 14.8. The van der Waals surface area contributed by atoms with Gasteiger partial charge in [-0.15, -0.1) is 0 Å². The number of carbonyl (C=O) groups excluding carboxylic acids is 1. The summed E-state index contributed by atoms with van der Waals surface area (Å²) in [6.07, 6.45) is 1.43. The molecule has 0 saturated carbocycles. The molecule has 3 rings (SSSR count). The fraction of sp³-hybridized carbons (Fsp3) is 0.389. The number of nitrogens with one attached hydrogen (secondary N) is 1. The Morgan fingerprint density at radius 1 is 1.20 bits per heavy atom. The van der Waals surface area contributed by atoms with Gasteiger partial charge in [-0.25, -0.2) is 18.4 Å². The van der Waals surface area contributed by atoms with Crippen LogP contribution >= 0.6 is 0 Å². The number of benzene rings is 2. The SMILES string of the molecule is NS(=O)(=O)C[C@@H]1CCN(C(=O)NCCc2cccc3ccccc23)C1. The van der Waals surface area contributed by atoms with E-state index in [1.165, 1.54) is 16.3 Å². The Hall–Kier alpha value is -2.12. The molecule has 1 aliphatic rings. The Kier molecular flexibility index (Phi) is 5.24. The number of nitrogens with zero attached hydrogens (tertiary/aromatic N) is 1. The van der Waals surface area contributed by atoms with E-state index in [1.54, 1.807) is 4.90 Å². The van der Waals surface area contributed by atoms with Crippen LogP contribution in [-0.2, 0) is 16.4 Å². The molecule has 1 atom stereocenters. The number of hydrogen-bond donors (Lipinski definition) is 2. The highest BCUT2D eigenvalue weighted by molar-refractivity contribution is 7.89. The van der Waals surface area contributed by atoms with Crippen molar-refractivity contribution < 1.29 is 13.2 Å². The smallest absolute Gasteiger partial charge is 0.317 e. The zero-order chi connectivity index (χ0) is 17.9. The fourth-order valence-electron chi connectivity index (χ4n) is 3.41. The average Bonchev–Trinajstić information content (AvgIpc) is 3.01. The third-order valence-corrected chi connectivity index (χ3v) is 5.53. The van der Waals surface area contributed by atoms with E-state index in [4.69, 9.17) is 5.14 Å². The molecule has 0 aliphatic carbocycles. The Balaban J connectivity index is 1.51. The summed E-state index contributed by atoms with van der Waals surface area (Å²) in [6.45, 7) is 1.56. The first-order valence-electron chi connectivity index (χ1n) is 8.42. The highest BCUT2D eigenvalue weighted by Crippen LogP contribution is 2.19. The van der Waals surface area contributed by atoms with Crippen LogP contribution in [0.15, 0.2) is 42.5 Å². The van der Waals surface area contributed by atoms with Gasteiger partial charge in [0.15, 0.2) is 0 Å². The molecule has 0 radical (unpaired) electrons. The van der Waals surface area contributed by atoms with Crippen molar-refractivity contribution in [3.05, 3.63) is 48.0 Å². The van der Waals surface area contributed by atoms with Gasteiger partial charge in [-0.05, 0) is 35.1 Å². The molecule has 0 spiro atoms. The number of rotatable bonds is 5. The standard InChI is InChI=1S/C18H23N3O3S/c19-25(23,24)13-14-9-11-21(12-14)18(22)20-10-8-16-6-3-5-15-4-1-2-7-17(15)16/h1-7,14H,8-13H2,(H,20,22)(H2,19,23,24)/t14-/m1/s1. The Bertz CT molecular complexity index is 862. The molecule has 1 aliphatic heterocycles. The molecular weight excluding hydrogens is 338 g/mol. The first kappa shape index (κ1) is 17.7. The maximum atomic E-state index is 12.2. The van der Waals surface area contributed by atoms with Gasteiger partial charge in [0.25, 0.3) is 0 Å². The molecular formula is C18H23N3O3S. The van der Waals surface area contributed by atoms with Crippen molar-refractivity contribution in [2.24, 2.45) is 11.1 Å². The van der Waals surface area contributed by atoms with Crippen molar-refractivity contribution in [3.8, 4) is 0 Å². The van der Waals surface area contributed by atoms with E-state index in [1.807, 2.05) is 18.2 Å². The third kappa shape index (κ3) is 4.70. The van der Waals surface area contributed by atoms with Gasteiger partial charge in [0.2, 0.25) is 10.0 Å². The van der Waals surface area contributed by atoms with Gasteiger partial charge in [0, 0.05) is 19.6 Å².